The van der Waals surface area contributed by atoms with Gasteiger partial charge in [0.2, 0.25) is 0 Å². The van der Waals surface area contributed by atoms with Gasteiger partial charge < -0.3 is 10.1 Å². The number of thiophene rings is 2. The molecule has 1 aromatic carbocycles. The van der Waals surface area contributed by atoms with Gasteiger partial charge >= 0.3 is 0 Å². The van der Waals surface area contributed by atoms with Crippen LogP contribution in [-0.2, 0) is 9.59 Å². The first kappa shape index (κ1) is 26.0. The Labute approximate surface area is 229 Å². The minimum atomic E-state index is -0.416. The number of nitrogens with one attached hydrogen (secondary N) is 2. The van der Waals surface area contributed by atoms with Crippen molar-refractivity contribution in [3.05, 3.63) is 59.0 Å². The number of imide groups is 1. The summed E-state index contributed by atoms with van der Waals surface area (Å²) in [5.41, 5.74) is 5.38. The maximum Gasteiger partial charge on any atom is 0.275 e. The number of carbonyl (C=O) groups is 2. The maximum absolute atomic E-state index is 12.6. The summed E-state index contributed by atoms with van der Waals surface area (Å²) in [6.45, 7) is 8.25. The van der Waals surface area contributed by atoms with Crippen molar-refractivity contribution >= 4 is 50.5 Å². The molecule has 8 nitrogen and oxygen atoms in total. The van der Waals surface area contributed by atoms with Gasteiger partial charge in [-0.2, -0.15) is 5.01 Å². The monoisotopic (exact) mass is 547 g/mol. The van der Waals surface area contributed by atoms with Crippen molar-refractivity contribution in [2.45, 2.75) is 33.6 Å². The fraction of sp³-hybridized carbons (Fsp3) is 0.286. The summed E-state index contributed by atoms with van der Waals surface area (Å²) >= 11 is 3.09. The lowest BCUT2D eigenvalue weighted by atomic mass is 10.1. The van der Waals surface area contributed by atoms with E-state index < -0.39 is 5.91 Å². The number of fused-ring (bicyclic) bond motifs is 1. The van der Waals surface area contributed by atoms with Crippen LogP contribution < -0.4 is 15.5 Å². The SMILES string of the molecule is CCCCNCCOc1ccc(-c2sc3nc(-c4cccs4)nc(NN4C(=O)C=C(C)C4=O)c3c2C)cc1. The fourth-order valence-electron chi connectivity index (χ4n) is 4.18. The van der Waals surface area contributed by atoms with E-state index in [1.807, 2.05) is 48.7 Å². The van der Waals surface area contributed by atoms with Gasteiger partial charge in [0.1, 0.15) is 17.2 Å². The molecular formula is C28H29N5O3S2. The van der Waals surface area contributed by atoms with Crippen molar-refractivity contribution in [3.63, 3.8) is 0 Å². The number of unbranched alkanes of at least 4 members (excludes halogenated alkanes) is 1. The predicted octanol–water partition coefficient (Wildman–Crippen LogP) is 5.81. The van der Waals surface area contributed by atoms with Gasteiger partial charge in [0.15, 0.2) is 11.6 Å². The summed E-state index contributed by atoms with van der Waals surface area (Å²) < 4.78 is 5.88. The van der Waals surface area contributed by atoms with Crippen molar-refractivity contribution in [3.8, 4) is 26.9 Å². The Balaban J connectivity index is 1.44. The van der Waals surface area contributed by atoms with Crippen molar-refractivity contribution in [2.75, 3.05) is 25.1 Å². The summed E-state index contributed by atoms with van der Waals surface area (Å²) in [5.74, 6) is 0.993. The number of ether oxygens (including phenoxy) is 1. The number of hydrazine groups is 1. The number of nitrogens with zero attached hydrogens (tertiary/aromatic N) is 3. The summed E-state index contributed by atoms with van der Waals surface area (Å²) in [4.78, 5) is 37.3. The summed E-state index contributed by atoms with van der Waals surface area (Å²) in [7, 11) is 0. The molecule has 38 heavy (non-hydrogen) atoms. The molecule has 0 saturated carbocycles. The Morgan fingerprint density at radius 3 is 2.55 bits per heavy atom. The second kappa shape index (κ2) is 11.4. The Bertz CT molecular complexity index is 1490. The molecule has 4 aromatic rings. The molecule has 1 aliphatic rings. The van der Waals surface area contributed by atoms with Crippen LogP contribution in [0.1, 0.15) is 32.3 Å². The van der Waals surface area contributed by atoms with Gasteiger partial charge in [-0.25, -0.2) is 9.97 Å². The number of benzene rings is 1. The summed E-state index contributed by atoms with van der Waals surface area (Å²) in [6.07, 6.45) is 3.67. The third kappa shape index (κ3) is 5.33. The lowest BCUT2D eigenvalue weighted by molar-refractivity contribution is -0.135. The number of amides is 2. The standard InChI is InChI=1S/C28H29N5O3S2/c1-4-5-12-29-13-14-36-20-10-8-19(9-11-20)24-18(3)23-26(32-33-22(34)16-17(2)28(33)35)30-25(31-27(23)38-24)21-7-6-15-37-21/h6-11,15-16,29H,4-5,12-14H2,1-3H3,(H,30,31,32). The highest BCUT2D eigenvalue weighted by Gasteiger charge is 2.30. The van der Waals surface area contributed by atoms with Crippen molar-refractivity contribution < 1.29 is 14.3 Å². The molecule has 0 fully saturated rings. The third-order valence-corrected chi connectivity index (χ3v) is 8.32. The van der Waals surface area contributed by atoms with Gasteiger partial charge in [0.05, 0.1) is 10.3 Å². The van der Waals surface area contributed by atoms with Crippen molar-refractivity contribution in [1.29, 1.82) is 0 Å². The second-order valence-electron chi connectivity index (χ2n) is 9.00. The summed E-state index contributed by atoms with van der Waals surface area (Å²) in [6, 6.07) is 11.9. The number of anilines is 1. The molecule has 0 unspecified atom stereocenters. The molecule has 3 aromatic heterocycles. The minimum absolute atomic E-state index is 0.382. The highest BCUT2D eigenvalue weighted by atomic mass is 32.1. The normalized spacial score (nSPS) is 13.4. The first-order valence-corrected chi connectivity index (χ1v) is 14.3. The number of aryl methyl sites for hydroxylation is 1. The van der Waals surface area contributed by atoms with E-state index in [0.29, 0.717) is 23.8 Å². The number of hydrogen-bond donors (Lipinski definition) is 2. The first-order chi connectivity index (χ1) is 18.5. The van der Waals surface area contributed by atoms with Gasteiger partial charge in [-0.05, 0) is 73.7 Å². The average Bonchev–Trinajstić information content (AvgIpc) is 3.62. The minimum Gasteiger partial charge on any atom is -0.492 e. The quantitative estimate of drug-likeness (QED) is 0.181. The van der Waals surface area contributed by atoms with Crippen LogP contribution >= 0.6 is 22.7 Å². The van der Waals surface area contributed by atoms with Gasteiger partial charge in [-0.3, -0.25) is 15.0 Å². The molecule has 2 N–H and O–H groups in total. The zero-order valence-corrected chi connectivity index (χ0v) is 23.2. The second-order valence-corrected chi connectivity index (χ2v) is 11.0. The van der Waals surface area contributed by atoms with E-state index in [-0.39, 0.29) is 5.91 Å². The van der Waals surface area contributed by atoms with Crippen LogP contribution in [0.5, 0.6) is 5.75 Å². The molecular weight excluding hydrogens is 518 g/mol. The van der Waals surface area contributed by atoms with E-state index in [2.05, 4.69) is 17.7 Å². The van der Waals surface area contributed by atoms with E-state index in [0.717, 1.165) is 54.9 Å². The Kier molecular flexibility index (Phi) is 7.82. The number of carbonyl (C=O) groups excluding carboxylic acids is 2. The van der Waals surface area contributed by atoms with Crippen molar-refractivity contribution in [2.24, 2.45) is 0 Å². The highest BCUT2D eigenvalue weighted by molar-refractivity contribution is 7.22. The van der Waals surface area contributed by atoms with E-state index in [4.69, 9.17) is 14.7 Å². The van der Waals surface area contributed by atoms with Crippen LogP contribution in [0, 0.1) is 6.92 Å². The van der Waals surface area contributed by atoms with Gasteiger partial charge in [-0.15, -0.1) is 22.7 Å². The molecule has 5 rings (SSSR count). The lowest BCUT2D eigenvalue weighted by Crippen LogP contribution is -2.36. The topological polar surface area (TPSA) is 96.4 Å². The van der Waals surface area contributed by atoms with Crippen molar-refractivity contribution in [1.82, 2.24) is 20.3 Å². The van der Waals surface area contributed by atoms with Crippen LogP contribution in [0.3, 0.4) is 0 Å². The maximum atomic E-state index is 12.6. The van der Waals surface area contributed by atoms with Crippen LogP contribution in [0.4, 0.5) is 5.82 Å². The van der Waals surface area contributed by atoms with Gasteiger partial charge in [-0.1, -0.05) is 19.4 Å². The zero-order chi connectivity index (χ0) is 26.6. The molecule has 10 heteroatoms. The smallest absolute Gasteiger partial charge is 0.275 e. The number of aromatic nitrogens is 2. The molecule has 0 bridgehead atoms. The first-order valence-electron chi connectivity index (χ1n) is 12.6. The summed E-state index contributed by atoms with van der Waals surface area (Å²) in [5, 5.41) is 7.14. The fourth-order valence-corrected chi connectivity index (χ4v) is 6.03. The van der Waals surface area contributed by atoms with E-state index in [1.165, 1.54) is 30.3 Å². The number of rotatable bonds is 11. The van der Waals surface area contributed by atoms with E-state index in [1.54, 1.807) is 18.3 Å². The third-order valence-electron chi connectivity index (χ3n) is 6.22. The molecule has 0 aliphatic carbocycles. The molecule has 0 saturated heterocycles. The van der Waals surface area contributed by atoms with Crippen LogP contribution in [-0.4, -0.2) is 46.5 Å². The van der Waals surface area contributed by atoms with E-state index >= 15 is 0 Å². The van der Waals surface area contributed by atoms with Crippen LogP contribution in [0.15, 0.2) is 53.4 Å². The highest BCUT2D eigenvalue weighted by Crippen LogP contribution is 2.42. The van der Waals surface area contributed by atoms with E-state index in [9.17, 15) is 9.59 Å². The molecule has 0 spiro atoms. The Morgan fingerprint density at radius 1 is 1.05 bits per heavy atom. The Morgan fingerprint density at radius 2 is 1.87 bits per heavy atom. The molecule has 2 amide bonds. The van der Waals surface area contributed by atoms with Gasteiger partial charge in [0.25, 0.3) is 11.8 Å². The molecule has 0 atom stereocenters. The molecule has 0 radical (unpaired) electrons. The largest absolute Gasteiger partial charge is 0.492 e. The molecule has 4 heterocycles. The predicted molar refractivity (Wildman–Crippen MR) is 153 cm³/mol. The zero-order valence-electron chi connectivity index (χ0n) is 21.5. The van der Waals surface area contributed by atoms with Gasteiger partial charge in [0, 0.05) is 23.1 Å². The lowest BCUT2D eigenvalue weighted by Gasteiger charge is -2.17. The number of hydrogen-bond acceptors (Lipinski definition) is 9. The Hall–Kier alpha value is -3.60. The van der Waals surface area contributed by atoms with Crippen LogP contribution in [0.25, 0.3) is 31.4 Å². The van der Waals surface area contributed by atoms with Crippen LogP contribution in [0.2, 0.25) is 0 Å². The molecule has 196 valence electrons. The molecule has 1 aliphatic heterocycles. The average molecular weight is 548 g/mol.